The molecule has 0 spiro atoms. The number of nitrogens with zero attached hydrogens (tertiary/aromatic N) is 2. The molecule has 1 atom stereocenters. The third-order valence-corrected chi connectivity index (χ3v) is 3.18. The Kier molecular flexibility index (Phi) is 3.86. The summed E-state index contributed by atoms with van der Waals surface area (Å²) in [5, 5.41) is 4.99. The first-order chi connectivity index (χ1) is 8.08. The second-order valence-corrected chi connectivity index (χ2v) is 5.34. The van der Waals surface area contributed by atoms with Crippen molar-refractivity contribution in [1.82, 2.24) is 9.78 Å². The SMILES string of the molecule is CC(N)Cc1c(Cl)cccc1-n1cc(Br)cn1. The highest BCUT2D eigenvalue weighted by Gasteiger charge is 2.11. The predicted octanol–water partition coefficient (Wildman–Crippen LogP) is 3.18. The van der Waals surface area contributed by atoms with E-state index in [4.69, 9.17) is 17.3 Å². The maximum atomic E-state index is 6.22. The van der Waals surface area contributed by atoms with Crippen molar-refractivity contribution in [2.75, 3.05) is 0 Å². The Morgan fingerprint density at radius 3 is 2.88 bits per heavy atom. The first-order valence-electron chi connectivity index (χ1n) is 5.31. The maximum absolute atomic E-state index is 6.22. The van der Waals surface area contributed by atoms with Crippen molar-refractivity contribution in [2.24, 2.45) is 5.73 Å². The Hall–Kier alpha value is -0.840. The van der Waals surface area contributed by atoms with Crippen molar-refractivity contribution >= 4 is 27.5 Å². The Bertz CT molecular complexity index is 522. The minimum absolute atomic E-state index is 0.0626. The average Bonchev–Trinajstić information content (AvgIpc) is 2.67. The van der Waals surface area contributed by atoms with Crippen LogP contribution in [0.2, 0.25) is 5.02 Å². The van der Waals surface area contributed by atoms with Crippen LogP contribution in [-0.2, 0) is 6.42 Å². The Labute approximate surface area is 114 Å². The molecule has 0 aliphatic rings. The normalized spacial score (nSPS) is 12.7. The lowest BCUT2D eigenvalue weighted by Crippen LogP contribution is -2.19. The number of nitrogens with two attached hydrogens (primary N) is 1. The van der Waals surface area contributed by atoms with E-state index in [1.54, 1.807) is 10.9 Å². The fourth-order valence-corrected chi connectivity index (χ4v) is 2.25. The molecular formula is C12H13BrClN3. The minimum atomic E-state index is 0.0626. The fraction of sp³-hybridized carbons (Fsp3) is 0.250. The van der Waals surface area contributed by atoms with E-state index in [9.17, 15) is 0 Å². The summed E-state index contributed by atoms with van der Waals surface area (Å²) in [6.45, 7) is 1.96. The molecule has 0 fully saturated rings. The van der Waals surface area contributed by atoms with Crippen LogP contribution < -0.4 is 5.73 Å². The number of aromatic nitrogens is 2. The van der Waals surface area contributed by atoms with E-state index in [0.29, 0.717) is 0 Å². The minimum Gasteiger partial charge on any atom is -0.328 e. The van der Waals surface area contributed by atoms with Gasteiger partial charge in [-0.15, -0.1) is 0 Å². The molecule has 0 aliphatic heterocycles. The molecule has 3 nitrogen and oxygen atoms in total. The second-order valence-electron chi connectivity index (χ2n) is 4.02. The highest BCUT2D eigenvalue weighted by molar-refractivity contribution is 9.10. The molecule has 0 saturated carbocycles. The van der Waals surface area contributed by atoms with Crippen LogP contribution in [0.15, 0.2) is 35.1 Å². The number of rotatable bonds is 3. The lowest BCUT2D eigenvalue weighted by molar-refractivity contribution is 0.727. The molecule has 1 unspecified atom stereocenters. The molecule has 2 rings (SSSR count). The molecule has 0 bridgehead atoms. The van der Waals surface area contributed by atoms with E-state index in [0.717, 1.165) is 27.2 Å². The highest BCUT2D eigenvalue weighted by Crippen LogP contribution is 2.25. The van der Waals surface area contributed by atoms with Crippen LogP contribution in [0.5, 0.6) is 0 Å². The van der Waals surface area contributed by atoms with Gasteiger partial charge in [0.15, 0.2) is 0 Å². The van der Waals surface area contributed by atoms with E-state index < -0.39 is 0 Å². The van der Waals surface area contributed by atoms with E-state index in [1.165, 1.54) is 0 Å². The number of halogens is 2. The Balaban J connectivity index is 2.49. The summed E-state index contributed by atoms with van der Waals surface area (Å²) in [5.74, 6) is 0. The van der Waals surface area contributed by atoms with Gasteiger partial charge in [0, 0.05) is 17.3 Å². The maximum Gasteiger partial charge on any atom is 0.0693 e. The zero-order chi connectivity index (χ0) is 12.4. The molecule has 5 heteroatoms. The molecule has 2 N–H and O–H groups in total. The van der Waals surface area contributed by atoms with Crippen LogP contribution in [0.25, 0.3) is 5.69 Å². The summed E-state index contributed by atoms with van der Waals surface area (Å²) in [7, 11) is 0. The van der Waals surface area contributed by atoms with Crippen molar-refractivity contribution < 1.29 is 0 Å². The Morgan fingerprint density at radius 2 is 2.29 bits per heavy atom. The number of hydrogen-bond acceptors (Lipinski definition) is 2. The molecule has 1 aromatic carbocycles. The second kappa shape index (κ2) is 5.21. The first-order valence-corrected chi connectivity index (χ1v) is 6.48. The van der Waals surface area contributed by atoms with Crippen LogP contribution >= 0.6 is 27.5 Å². The van der Waals surface area contributed by atoms with Gasteiger partial charge in [0.1, 0.15) is 0 Å². The lowest BCUT2D eigenvalue weighted by Gasteiger charge is -2.13. The summed E-state index contributed by atoms with van der Waals surface area (Å²) < 4.78 is 2.73. The fourth-order valence-electron chi connectivity index (χ4n) is 1.72. The topological polar surface area (TPSA) is 43.8 Å². The highest BCUT2D eigenvalue weighted by atomic mass is 79.9. The van der Waals surface area contributed by atoms with Crippen molar-refractivity contribution in [3.05, 3.63) is 45.7 Å². The van der Waals surface area contributed by atoms with Gasteiger partial charge in [-0.25, -0.2) is 4.68 Å². The van der Waals surface area contributed by atoms with Crippen LogP contribution in [-0.4, -0.2) is 15.8 Å². The molecule has 1 aromatic heterocycles. The van der Waals surface area contributed by atoms with Crippen LogP contribution in [0.4, 0.5) is 0 Å². The standard InChI is InChI=1S/C12H13BrClN3/c1-8(15)5-10-11(14)3-2-4-12(10)17-7-9(13)6-16-17/h2-4,6-8H,5,15H2,1H3. The molecule has 0 aliphatic carbocycles. The zero-order valence-electron chi connectivity index (χ0n) is 9.40. The average molecular weight is 315 g/mol. The molecule has 0 amide bonds. The molecule has 0 radical (unpaired) electrons. The number of hydrogen-bond donors (Lipinski definition) is 1. The van der Waals surface area contributed by atoms with Gasteiger partial charge < -0.3 is 5.73 Å². The van der Waals surface area contributed by atoms with Gasteiger partial charge in [-0.3, -0.25) is 0 Å². The quantitative estimate of drug-likeness (QED) is 0.945. The van der Waals surface area contributed by atoms with Gasteiger partial charge in [-0.2, -0.15) is 5.10 Å². The van der Waals surface area contributed by atoms with Gasteiger partial charge in [0.05, 0.1) is 16.4 Å². The van der Waals surface area contributed by atoms with Crippen LogP contribution in [0.1, 0.15) is 12.5 Å². The van der Waals surface area contributed by atoms with Gasteiger partial charge >= 0.3 is 0 Å². The summed E-state index contributed by atoms with van der Waals surface area (Å²) in [4.78, 5) is 0. The largest absolute Gasteiger partial charge is 0.328 e. The molecule has 1 heterocycles. The van der Waals surface area contributed by atoms with Crippen molar-refractivity contribution in [1.29, 1.82) is 0 Å². The number of benzene rings is 1. The smallest absolute Gasteiger partial charge is 0.0693 e. The summed E-state index contributed by atoms with van der Waals surface area (Å²) in [5.41, 5.74) is 7.85. The first kappa shape index (κ1) is 12.6. The summed E-state index contributed by atoms with van der Waals surface area (Å²) >= 11 is 9.60. The van der Waals surface area contributed by atoms with Crippen LogP contribution in [0, 0.1) is 0 Å². The van der Waals surface area contributed by atoms with Crippen LogP contribution in [0.3, 0.4) is 0 Å². The molecule has 2 aromatic rings. The molecule has 0 saturated heterocycles. The van der Waals surface area contributed by atoms with Gasteiger partial charge in [0.25, 0.3) is 0 Å². The van der Waals surface area contributed by atoms with E-state index in [2.05, 4.69) is 21.0 Å². The zero-order valence-corrected chi connectivity index (χ0v) is 11.7. The van der Waals surface area contributed by atoms with Gasteiger partial charge in [0.2, 0.25) is 0 Å². The van der Waals surface area contributed by atoms with Crippen molar-refractivity contribution in [3.8, 4) is 5.69 Å². The summed E-state index contributed by atoms with van der Waals surface area (Å²) in [6, 6.07) is 5.84. The van der Waals surface area contributed by atoms with Gasteiger partial charge in [-0.1, -0.05) is 17.7 Å². The molecule has 17 heavy (non-hydrogen) atoms. The van der Waals surface area contributed by atoms with E-state index in [1.807, 2.05) is 31.3 Å². The van der Waals surface area contributed by atoms with E-state index in [-0.39, 0.29) is 6.04 Å². The van der Waals surface area contributed by atoms with Crippen molar-refractivity contribution in [3.63, 3.8) is 0 Å². The molecular weight excluding hydrogens is 302 g/mol. The monoisotopic (exact) mass is 313 g/mol. The van der Waals surface area contributed by atoms with Crippen molar-refractivity contribution in [2.45, 2.75) is 19.4 Å². The summed E-state index contributed by atoms with van der Waals surface area (Å²) in [6.07, 6.45) is 4.37. The third kappa shape index (κ3) is 2.89. The lowest BCUT2D eigenvalue weighted by atomic mass is 10.1. The van der Waals surface area contributed by atoms with E-state index >= 15 is 0 Å². The third-order valence-electron chi connectivity index (χ3n) is 2.42. The molecule has 90 valence electrons. The Morgan fingerprint density at radius 1 is 1.53 bits per heavy atom. The van der Waals surface area contributed by atoms with Gasteiger partial charge in [-0.05, 0) is 47.0 Å². The predicted molar refractivity (Wildman–Crippen MR) is 73.6 cm³/mol.